The standard InChI is InChI=1S/C19H22N2O2S/c1-3-15-8-10-17(11-9-15)19(23)21-20-18(22)13-24-12-16-6-4-14(2)5-7-16/h4-11H,3,12-13H2,1-2H3,(H,20,22)(H,21,23). The summed E-state index contributed by atoms with van der Waals surface area (Å²) in [6.07, 6.45) is 0.927. The third-order valence-corrected chi connectivity index (χ3v) is 4.57. The summed E-state index contributed by atoms with van der Waals surface area (Å²) in [6, 6.07) is 15.6. The number of hydrogen-bond donors (Lipinski definition) is 2. The Kier molecular flexibility index (Phi) is 6.88. The number of nitrogens with one attached hydrogen (secondary N) is 2. The molecule has 0 atom stereocenters. The summed E-state index contributed by atoms with van der Waals surface area (Å²) in [4.78, 5) is 23.7. The van der Waals surface area contributed by atoms with E-state index in [9.17, 15) is 9.59 Å². The van der Waals surface area contributed by atoms with Crippen molar-refractivity contribution in [1.29, 1.82) is 0 Å². The number of carbonyl (C=O) groups excluding carboxylic acids is 2. The molecule has 0 fully saturated rings. The smallest absolute Gasteiger partial charge is 0.269 e. The number of rotatable bonds is 6. The first-order valence-corrected chi connectivity index (χ1v) is 9.05. The molecule has 2 rings (SSSR count). The molecule has 24 heavy (non-hydrogen) atoms. The molecule has 0 aliphatic carbocycles. The van der Waals surface area contributed by atoms with Gasteiger partial charge in [0.15, 0.2) is 0 Å². The molecular weight excluding hydrogens is 320 g/mol. The number of hydrazine groups is 1. The van der Waals surface area contributed by atoms with Crippen LogP contribution < -0.4 is 10.9 Å². The topological polar surface area (TPSA) is 58.2 Å². The molecule has 0 aliphatic rings. The molecule has 0 spiro atoms. The van der Waals surface area contributed by atoms with Gasteiger partial charge in [0.1, 0.15) is 0 Å². The Morgan fingerprint density at radius 2 is 1.54 bits per heavy atom. The fourth-order valence-corrected chi connectivity index (χ4v) is 2.86. The van der Waals surface area contributed by atoms with E-state index in [1.165, 1.54) is 28.5 Å². The van der Waals surface area contributed by atoms with Gasteiger partial charge in [0, 0.05) is 11.3 Å². The maximum Gasteiger partial charge on any atom is 0.269 e. The fraction of sp³-hybridized carbons (Fsp3) is 0.263. The molecule has 0 aromatic heterocycles. The molecule has 0 radical (unpaired) electrons. The predicted octanol–water partition coefficient (Wildman–Crippen LogP) is 3.25. The molecule has 2 aromatic carbocycles. The average Bonchev–Trinajstić information content (AvgIpc) is 2.61. The quantitative estimate of drug-likeness (QED) is 0.792. The Balaban J connectivity index is 1.70. The Morgan fingerprint density at radius 1 is 0.917 bits per heavy atom. The van der Waals surface area contributed by atoms with Gasteiger partial charge < -0.3 is 0 Å². The third-order valence-electron chi connectivity index (χ3n) is 3.56. The molecular formula is C19H22N2O2S. The Labute approximate surface area is 147 Å². The van der Waals surface area contributed by atoms with Crippen molar-refractivity contribution < 1.29 is 9.59 Å². The minimum absolute atomic E-state index is 0.217. The van der Waals surface area contributed by atoms with Crippen molar-refractivity contribution in [2.45, 2.75) is 26.0 Å². The van der Waals surface area contributed by atoms with Crippen molar-refractivity contribution in [1.82, 2.24) is 10.9 Å². The van der Waals surface area contributed by atoms with Gasteiger partial charge >= 0.3 is 0 Å². The van der Waals surface area contributed by atoms with Gasteiger partial charge in [-0.2, -0.15) is 0 Å². The first-order valence-electron chi connectivity index (χ1n) is 7.90. The molecule has 0 heterocycles. The van der Waals surface area contributed by atoms with Crippen molar-refractivity contribution in [3.8, 4) is 0 Å². The highest BCUT2D eigenvalue weighted by atomic mass is 32.2. The molecule has 0 unspecified atom stereocenters. The Hall–Kier alpha value is -2.27. The zero-order chi connectivity index (χ0) is 17.4. The summed E-state index contributed by atoms with van der Waals surface area (Å²) in [7, 11) is 0. The number of carbonyl (C=O) groups is 2. The van der Waals surface area contributed by atoms with Crippen molar-refractivity contribution >= 4 is 23.6 Å². The van der Waals surface area contributed by atoms with Crippen LogP contribution in [0.5, 0.6) is 0 Å². The van der Waals surface area contributed by atoms with E-state index in [4.69, 9.17) is 0 Å². The van der Waals surface area contributed by atoms with Crippen LogP contribution in [0.2, 0.25) is 0 Å². The second kappa shape index (κ2) is 9.13. The minimum atomic E-state index is -0.311. The van der Waals surface area contributed by atoms with Gasteiger partial charge in [-0.15, -0.1) is 11.8 Å². The Morgan fingerprint density at radius 3 is 2.17 bits per heavy atom. The molecule has 0 saturated heterocycles. The summed E-state index contributed by atoms with van der Waals surface area (Å²) in [5.74, 6) is 0.531. The van der Waals surface area contributed by atoms with Crippen LogP contribution in [0.15, 0.2) is 48.5 Å². The van der Waals surface area contributed by atoms with E-state index in [-0.39, 0.29) is 11.8 Å². The Bertz CT molecular complexity index is 682. The predicted molar refractivity (Wildman–Crippen MR) is 98.8 cm³/mol. The highest BCUT2D eigenvalue weighted by Gasteiger charge is 2.07. The minimum Gasteiger partial charge on any atom is -0.272 e. The molecule has 126 valence electrons. The third kappa shape index (κ3) is 5.74. The van der Waals surface area contributed by atoms with Crippen molar-refractivity contribution in [3.05, 3.63) is 70.8 Å². The summed E-state index contributed by atoms with van der Waals surface area (Å²) in [5.41, 5.74) is 8.98. The maximum absolute atomic E-state index is 11.9. The normalized spacial score (nSPS) is 10.2. The van der Waals surface area contributed by atoms with Gasteiger partial charge in [0.05, 0.1) is 5.75 Å². The highest BCUT2D eigenvalue weighted by molar-refractivity contribution is 7.99. The van der Waals surface area contributed by atoms with Crippen LogP contribution in [0.4, 0.5) is 0 Å². The van der Waals surface area contributed by atoms with Crippen molar-refractivity contribution in [2.24, 2.45) is 0 Å². The molecule has 5 heteroatoms. The van der Waals surface area contributed by atoms with E-state index < -0.39 is 0 Å². The van der Waals surface area contributed by atoms with Crippen LogP contribution in [-0.2, 0) is 17.0 Å². The lowest BCUT2D eigenvalue weighted by atomic mass is 10.1. The lowest BCUT2D eigenvalue weighted by Crippen LogP contribution is -2.42. The average molecular weight is 342 g/mol. The second-order valence-corrected chi connectivity index (χ2v) is 6.52. The van der Waals surface area contributed by atoms with E-state index in [1.807, 2.05) is 19.1 Å². The molecule has 2 N–H and O–H groups in total. The van der Waals surface area contributed by atoms with Crippen LogP contribution in [-0.4, -0.2) is 17.6 Å². The summed E-state index contributed by atoms with van der Waals surface area (Å²) in [5, 5.41) is 0. The van der Waals surface area contributed by atoms with Crippen LogP contribution >= 0.6 is 11.8 Å². The first-order chi connectivity index (χ1) is 11.6. The first kappa shape index (κ1) is 18.1. The fourth-order valence-electron chi connectivity index (χ4n) is 2.07. The summed E-state index contributed by atoms with van der Waals surface area (Å²) in [6.45, 7) is 4.10. The second-order valence-electron chi connectivity index (χ2n) is 5.53. The van der Waals surface area contributed by atoms with Gasteiger partial charge in [0.25, 0.3) is 5.91 Å². The molecule has 0 aliphatic heterocycles. The van der Waals surface area contributed by atoms with E-state index in [0.29, 0.717) is 11.3 Å². The van der Waals surface area contributed by atoms with Crippen LogP contribution in [0.3, 0.4) is 0 Å². The molecule has 2 aromatic rings. The SMILES string of the molecule is CCc1ccc(C(=O)NNC(=O)CSCc2ccc(C)cc2)cc1. The van der Waals surface area contributed by atoms with Gasteiger partial charge in [0.2, 0.25) is 5.91 Å². The molecule has 0 saturated carbocycles. The number of amides is 2. The van der Waals surface area contributed by atoms with Crippen molar-refractivity contribution in [2.75, 3.05) is 5.75 Å². The van der Waals surface area contributed by atoms with E-state index in [1.54, 1.807) is 12.1 Å². The van der Waals surface area contributed by atoms with Crippen molar-refractivity contribution in [3.63, 3.8) is 0 Å². The molecule has 0 bridgehead atoms. The van der Waals surface area contributed by atoms with E-state index in [2.05, 4.69) is 42.0 Å². The molecule has 4 nitrogen and oxygen atoms in total. The monoisotopic (exact) mass is 342 g/mol. The van der Waals surface area contributed by atoms with Gasteiger partial charge in [-0.1, -0.05) is 48.9 Å². The van der Waals surface area contributed by atoms with E-state index in [0.717, 1.165) is 12.2 Å². The molecule has 2 amide bonds. The number of hydrogen-bond acceptors (Lipinski definition) is 3. The highest BCUT2D eigenvalue weighted by Crippen LogP contribution is 2.12. The number of thioether (sulfide) groups is 1. The maximum atomic E-state index is 11.9. The number of benzene rings is 2. The van der Waals surface area contributed by atoms with Crippen LogP contribution in [0.25, 0.3) is 0 Å². The lowest BCUT2D eigenvalue weighted by Gasteiger charge is -2.08. The van der Waals surface area contributed by atoms with Gasteiger partial charge in [-0.25, -0.2) is 0 Å². The van der Waals surface area contributed by atoms with Crippen LogP contribution in [0, 0.1) is 6.92 Å². The number of aryl methyl sites for hydroxylation is 2. The summed E-state index contributed by atoms with van der Waals surface area (Å²) >= 11 is 1.51. The van der Waals surface area contributed by atoms with E-state index >= 15 is 0 Å². The summed E-state index contributed by atoms with van der Waals surface area (Å²) < 4.78 is 0. The largest absolute Gasteiger partial charge is 0.272 e. The van der Waals surface area contributed by atoms with Crippen LogP contribution in [0.1, 0.15) is 34.0 Å². The van der Waals surface area contributed by atoms with Gasteiger partial charge in [-0.05, 0) is 36.6 Å². The van der Waals surface area contributed by atoms with Gasteiger partial charge in [-0.3, -0.25) is 20.4 Å². The zero-order valence-electron chi connectivity index (χ0n) is 14.0. The lowest BCUT2D eigenvalue weighted by molar-refractivity contribution is -0.119. The zero-order valence-corrected chi connectivity index (χ0v) is 14.8.